The second-order valence-corrected chi connectivity index (χ2v) is 12.9. The van der Waals surface area contributed by atoms with Crippen LogP contribution in [0.25, 0.3) is 0 Å². The molecule has 7 nitrogen and oxygen atoms in total. The summed E-state index contributed by atoms with van der Waals surface area (Å²) in [6.45, 7) is 20.8. The van der Waals surface area contributed by atoms with Crippen molar-refractivity contribution >= 4 is 35.2 Å². The highest BCUT2D eigenvalue weighted by Gasteiger charge is 2.45. The Labute approximate surface area is 251 Å². The van der Waals surface area contributed by atoms with Gasteiger partial charge in [0.25, 0.3) is 5.91 Å². The molecule has 226 valence electrons. The number of hydrogen-bond acceptors (Lipinski definition) is 4. The van der Waals surface area contributed by atoms with Gasteiger partial charge in [0.05, 0.1) is 10.7 Å². The fraction of sp³-hybridized carbons (Fsp3) is 0.545. The number of benzene rings is 2. The van der Waals surface area contributed by atoms with E-state index in [9.17, 15) is 14.4 Å². The number of nitrogens with zero attached hydrogens (tertiary/aromatic N) is 1. The lowest BCUT2D eigenvalue weighted by molar-refractivity contribution is -0.148. The number of carbonyl (C=O) groups is 3. The average molecular weight is 586 g/mol. The monoisotopic (exact) mass is 585 g/mol. The first-order valence-electron chi connectivity index (χ1n) is 14.4. The van der Waals surface area contributed by atoms with Gasteiger partial charge < -0.3 is 20.3 Å². The molecule has 0 aliphatic heterocycles. The Balaban J connectivity index is 2.78. The maximum absolute atomic E-state index is 14.7. The van der Waals surface area contributed by atoms with Crippen molar-refractivity contribution in [1.82, 2.24) is 10.2 Å². The molecule has 0 saturated heterocycles. The molecule has 0 radical (unpaired) electrons. The summed E-state index contributed by atoms with van der Waals surface area (Å²) < 4.78 is 5.53. The number of nitrogens with one attached hydrogen (secondary N) is 2. The SMILES string of the molecule is CCC(C)C(NC(=O)OC(C)(C)C)C(=O)N(C(C(=O)Nc1c(C)cccc1Cl)c1c(C)cccc1C)C(C)(C)CC. The van der Waals surface area contributed by atoms with Crippen molar-refractivity contribution in [2.45, 2.75) is 112 Å². The number of ether oxygens (including phenoxy) is 1. The first-order chi connectivity index (χ1) is 18.9. The number of halogens is 1. The summed E-state index contributed by atoms with van der Waals surface area (Å²) in [7, 11) is 0. The standard InChI is InChI=1S/C33H48ClN3O4/c1-12-20(3)27(36-31(40)41-32(7,8)9)30(39)37(33(10,11)13-2)28(25-21(4)16-14-17-22(25)5)29(38)35-26-23(6)18-15-19-24(26)34/h14-20,27-28H,12-13H2,1-11H3,(H,35,38)(H,36,40). The molecule has 41 heavy (non-hydrogen) atoms. The number of aryl methyl sites for hydroxylation is 3. The normalized spacial score (nSPS) is 14.0. The first kappa shape index (κ1) is 34.1. The van der Waals surface area contributed by atoms with Gasteiger partial charge in [0.1, 0.15) is 17.7 Å². The van der Waals surface area contributed by atoms with Gasteiger partial charge in [-0.1, -0.05) is 69.1 Å². The molecule has 0 bridgehead atoms. The van der Waals surface area contributed by atoms with Crippen LogP contribution in [-0.4, -0.2) is 40.0 Å². The molecule has 8 heteroatoms. The van der Waals surface area contributed by atoms with Gasteiger partial charge in [-0.25, -0.2) is 4.79 Å². The lowest BCUT2D eigenvalue weighted by Gasteiger charge is -2.46. The van der Waals surface area contributed by atoms with E-state index in [1.165, 1.54) is 0 Å². The Morgan fingerprint density at radius 2 is 1.46 bits per heavy atom. The number of anilines is 1. The molecule has 2 aromatic rings. The van der Waals surface area contributed by atoms with E-state index in [-0.39, 0.29) is 17.7 Å². The molecule has 0 heterocycles. The number of hydrogen-bond donors (Lipinski definition) is 2. The molecule has 2 N–H and O–H groups in total. The molecule has 3 amide bonds. The first-order valence-corrected chi connectivity index (χ1v) is 14.8. The predicted octanol–water partition coefficient (Wildman–Crippen LogP) is 7.90. The van der Waals surface area contributed by atoms with Crippen LogP contribution in [0.5, 0.6) is 0 Å². The topological polar surface area (TPSA) is 87.7 Å². The summed E-state index contributed by atoms with van der Waals surface area (Å²) >= 11 is 6.51. The van der Waals surface area contributed by atoms with Crippen molar-refractivity contribution in [3.05, 3.63) is 63.7 Å². The van der Waals surface area contributed by atoms with E-state index in [1.807, 2.05) is 85.7 Å². The molecular formula is C33H48ClN3O4. The molecule has 0 aliphatic carbocycles. The Morgan fingerprint density at radius 1 is 0.927 bits per heavy atom. The molecular weight excluding hydrogens is 538 g/mol. The van der Waals surface area contributed by atoms with Crippen LogP contribution in [0.4, 0.5) is 10.5 Å². The van der Waals surface area contributed by atoms with Gasteiger partial charge in [-0.15, -0.1) is 0 Å². The summed E-state index contributed by atoms with van der Waals surface area (Å²) in [5, 5.41) is 6.29. The fourth-order valence-electron chi connectivity index (χ4n) is 4.83. The van der Waals surface area contributed by atoms with E-state index in [0.29, 0.717) is 23.6 Å². The van der Waals surface area contributed by atoms with E-state index >= 15 is 0 Å². The Hall–Kier alpha value is -3.06. The minimum absolute atomic E-state index is 0.224. The summed E-state index contributed by atoms with van der Waals surface area (Å²) in [5.41, 5.74) is 2.32. The zero-order chi connectivity index (χ0) is 31.3. The number of para-hydroxylation sites is 1. The van der Waals surface area contributed by atoms with Crippen LogP contribution in [0, 0.1) is 26.7 Å². The van der Waals surface area contributed by atoms with Gasteiger partial charge in [0.2, 0.25) is 5.91 Å². The Bertz CT molecular complexity index is 1210. The predicted molar refractivity (Wildman–Crippen MR) is 167 cm³/mol. The average Bonchev–Trinajstić information content (AvgIpc) is 2.86. The quantitative estimate of drug-likeness (QED) is 0.296. The second kappa shape index (κ2) is 13.7. The molecule has 2 rings (SSSR count). The van der Waals surface area contributed by atoms with Gasteiger partial charge >= 0.3 is 6.09 Å². The summed E-state index contributed by atoms with van der Waals surface area (Å²) in [5.74, 6) is -0.956. The van der Waals surface area contributed by atoms with E-state index in [2.05, 4.69) is 10.6 Å². The number of rotatable bonds is 10. The minimum atomic E-state index is -0.999. The van der Waals surface area contributed by atoms with Crippen LogP contribution in [0.2, 0.25) is 5.02 Å². The molecule has 0 spiro atoms. The minimum Gasteiger partial charge on any atom is -0.444 e. The molecule has 0 aromatic heterocycles. The van der Waals surface area contributed by atoms with E-state index in [0.717, 1.165) is 22.3 Å². The summed E-state index contributed by atoms with van der Waals surface area (Å²) in [4.78, 5) is 43.7. The fourth-order valence-corrected chi connectivity index (χ4v) is 5.10. The van der Waals surface area contributed by atoms with Crippen molar-refractivity contribution in [2.24, 2.45) is 5.92 Å². The summed E-state index contributed by atoms with van der Waals surface area (Å²) in [6, 6.07) is 9.32. The van der Waals surface area contributed by atoms with Crippen molar-refractivity contribution in [1.29, 1.82) is 0 Å². The third-order valence-corrected chi connectivity index (χ3v) is 8.01. The van der Waals surface area contributed by atoms with Crippen LogP contribution in [0.3, 0.4) is 0 Å². The second-order valence-electron chi connectivity index (χ2n) is 12.5. The maximum Gasteiger partial charge on any atom is 0.408 e. The van der Waals surface area contributed by atoms with Gasteiger partial charge in [0, 0.05) is 5.54 Å². The highest BCUT2D eigenvalue weighted by atomic mass is 35.5. The van der Waals surface area contributed by atoms with E-state index < -0.39 is 29.3 Å². The van der Waals surface area contributed by atoms with Gasteiger partial charge in [0.15, 0.2) is 0 Å². The molecule has 0 aliphatic rings. The number of amides is 3. The molecule has 0 saturated carbocycles. The van der Waals surface area contributed by atoms with Crippen molar-refractivity contribution in [2.75, 3.05) is 5.32 Å². The Morgan fingerprint density at radius 3 is 1.95 bits per heavy atom. The highest BCUT2D eigenvalue weighted by molar-refractivity contribution is 6.34. The number of alkyl carbamates (subject to hydrolysis) is 1. The lowest BCUT2D eigenvalue weighted by atomic mass is 9.87. The van der Waals surface area contributed by atoms with Crippen LogP contribution in [0.15, 0.2) is 36.4 Å². The zero-order valence-electron chi connectivity index (χ0n) is 26.6. The van der Waals surface area contributed by atoms with Crippen molar-refractivity contribution in [3.8, 4) is 0 Å². The lowest BCUT2D eigenvalue weighted by Crippen LogP contribution is -2.60. The third kappa shape index (κ3) is 8.48. The smallest absolute Gasteiger partial charge is 0.408 e. The largest absolute Gasteiger partial charge is 0.444 e. The van der Waals surface area contributed by atoms with Crippen LogP contribution in [-0.2, 0) is 14.3 Å². The highest BCUT2D eigenvalue weighted by Crippen LogP contribution is 2.37. The van der Waals surface area contributed by atoms with Crippen LogP contribution >= 0.6 is 11.6 Å². The van der Waals surface area contributed by atoms with Gasteiger partial charge in [-0.2, -0.15) is 0 Å². The van der Waals surface area contributed by atoms with Crippen molar-refractivity contribution < 1.29 is 19.1 Å². The molecule has 3 atom stereocenters. The van der Waals surface area contributed by atoms with Crippen LogP contribution in [0.1, 0.15) is 96.5 Å². The van der Waals surface area contributed by atoms with E-state index in [1.54, 1.807) is 31.7 Å². The maximum atomic E-state index is 14.7. The van der Waals surface area contributed by atoms with Gasteiger partial charge in [-0.3, -0.25) is 9.59 Å². The molecule has 3 unspecified atom stereocenters. The Kier molecular flexibility index (Phi) is 11.4. The van der Waals surface area contributed by atoms with E-state index in [4.69, 9.17) is 16.3 Å². The zero-order valence-corrected chi connectivity index (χ0v) is 27.3. The summed E-state index contributed by atoms with van der Waals surface area (Å²) in [6.07, 6.45) is 0.523. The van der Waals surface area contributed by atoms with Crippen LogP contribution < -0.4 is 10.6 Å². The van der Waals surface area contributed by atoms with Gasteiger partial charge in [-0.05, 0) is 96.0 Å². The van der Waals surface area contributed by atoms with Crippen molar-refractivity contribution in [3.63, 3.8) is 0 Å². The molecule has 2 aromatic carbocycles. The molecule has 0 fully saturated rings. The third-order valence-electron chi connectivity index (χ3n) is 7.70. The number of carbonyl (C=O) groups excluding carboxylic acids is 3.